The summed E-state index contributed by atoms with van der Waals surface area (Å²) in [5.74, 6) is 2.17. The monoisotopic (exact) mass is 396 g/mol. The molecule has 0 bridgehead atoms. The van der Waals surface area contributed by atoms with Crippen molar-refractivity contribution in [3.8, 4) is 0 Å². The molecule has 6 heteroatoms. The molecular formula is C23H32N4O2. The van der Waals surface area contributed by atoms with Gasteiger partial charge in [0.15, 0.2) is 0 Å². The van der Waals surface area contributed by atoms with Crippen LogP contribution in [0.25, 0.3) is 11.0 Å². The van der Waals surface area contributed by atoms with Crippen molar-refractivity contribution in [1.29, 1.82) is 0 Å². The summed E-state index contributed by atoms with van der Waals surface area (Å²) < 4.78 is 0. The maximum absolute atomic E-state index is 12.8. The predicted molar refractivity (Wildman–Crippen MR) is 113 cm³/mol. The van der Waals surface area contributed by atoms with Gasteiger partial charge in [0.2, 0.25) is 11.8 Å². The summed E-state index contributed by atoms with van der Waals surface area (Å²) in [6, 6.07) is 7.99. The highest BCUT2D eigenvalue weighted by Gasteiger charge is 2.31. The van der Waals surface area contributed by atoms with Crippen LogP contribution in [0.2, 0.25) is 0 Å². The van der Waals surface area contributed by atoms with Crippen LogP contribution in [-0.2, 0) is 16.0 Å². The van der Waals surface area contributed by atoms with E-state index < -0.39 is 0 Å². The molecule has 0 aliphatic carbocycles. The molecule has 0 saturated carbocycles. The molecule has 6 nitrogen and oxygen atoms in total. The van der Waals surface area contributed by atoms with Gasteiger partial charge < -0.3 is 14.8 Å². The average molecular weight is 397 g/mol. The van der Waals surface area contributed by atoms with Crippen LogP contribution < -0.4 is 0 Å². The van der Waals surface area contributed by atoms with Crippen LogP contribution in [-0.4, -0.2) is 57.8 Å². The highest BCUT2D eigenvalue weighted by Crippen LogP contribution is 2.24. The van der Waals surface area contributed by atoms with Crippen molar-refractivity contribution in [1.82, 2.24) is 19.8 Å². The summed E-state index contributed by atoms with van der Waals surface area (Å²) in [7, 11) is 0. The number of fused-ring (bicyclic) bond motifs is 1. The van der Waals surface area contributed by atoms with E-state index in [1.807, 2.05) is 29.2 Å². The van der Waals surface area contributed by atoms with Crippen molar-refractivity contribution < 1.29 is 9.59 Å². The normalized spacial score (nSPS) is 20.9. The molecule has 2 aliphatic rings. The molecule has 3 heterocycles. The standard InChI is InChI=1S/C23H32N4O2/c1-17-6-5-13-27(16-17)23(29)18-11-14-26(15-12-18)22(28)10-4-9-21-24-19-7-2-3-8-20(19)25-21/h2-3,7-8,17-18H,4-6,9-16H2,1H3,(H,24,25). The number of piperidine rings is 2. The number of hydrogen-bond donors (Lipinski definition) is 1. The molecule has 0 radical (unpaired) electrons. The van der Waals surface area contributed by atoms with Gasteiger partial charge in [0.05, 0.1) is 11.0 Å². The lowest BCUT2D eigenvalue weighted by Gasteiger charge is -2.37. The van der Waals surface area contributed by atoms with Crippen molar-refractivity contribution >= 4 is 22.8 Å². The molecule has 2 aromatic rings. The summed E-state index contributed by atoms with van der Waals surface area (Å²) in [6.07, 6.45) is 6.07. The van der Waals surface area contributed by atoms with E-state index in [4.69, 9.17) is 0 Å². The van der Waals surface area contributed by atoms with E-state index in [0.29, 0.717) is 31.3 Å². The molecular weight excluding hydrogens is 364 g/mol. The van der Waals surface area contributed by atoms with Gasteiger partial charge >= 0.3 is 0 Å². The Bertz CT molecular complexity index is 820. The number of carbonyl (C=O) groups excluding carboxylic acids is 2. The van der Waals surface area contributed by atoms with Gasteiger partial charge in [-0.15, -0.1) is 0 Å². The number of H-pyrrole nitrogens is 1. The summed E-state index contributed by atoms with van der Waals surface area (Å²) in [6.45, 7) is 5.46. The van der Waals surface area contributed by atoms with Crippen LogP contribution >= 0.6 is 0 Å². The molecule has 29 heavy (non-hydrogen) atoms. The Labute approximate surface area is 172 Å². The lowest BCUT2D eigenvalue weighted by molar-refractivity contribution is -0.142. The Hall–Kier alpha value is -2.37. The number of hydrogen-bond acceptors (Lipinski definition) is 3. The van der Waals surface area contributed by atoms with Gasteiger partial charge in [0.1, 0.15) is 5.82 Å². The van der Waals surface area contributed by atoms with Crippen molar-refractivity contribution in [3.63, 3.8) is 0 Å². The highest BCUT2D eigenvalue weighted by molar-refractivity contribution is 5.80. The molecule has 2 aliphatic heterocycles. The second kappa shape index (κ2) is 8.97. The van der Waals surface area contributed by atoms with E-state index in [2.05, 4.69) is 21.8 Å². The number of nitrogens with zero attached hydrogens (tertiary/aromatic N) is 3. The number of carbonyl (C=O) groups is 2. The van der Waals surface area contributed by atoms with Gasteiger partial charge in [-0.3, -0.25) is 9.59 Å². The minimum atomic E-state index is 0.0971. The van der Waals surface area contributed by atoms with Crippen LogP contribution in [0, 0.1) is 11.8 Å². The second-order valence-electron chi connectivity index (χ2n) is 8.74. The number of aromatic amines is 1. The summed E-state index contributed by atoms with van der Waals surface area (Å²) in [5.41, 5.74) is 2.02. The molecule has 2 fully saturated rings. The zero-order valence-corrected chi connectivity index (χ0v) is 17.4. The number of amides is 2. The number of benzene rings is 1. The number of nitrogens with one attached hydrogen (secondary N) is 1. The maximum Gasteiger partial charge on any atom is 0.225 e. The number of rotatable bonds is 5. The maximum atomic E-state index is 12.8. The zero-order chi connectivity index (χ0) is 20.2. The van der Waals surface area contributed by atoms with Crippen molar-refractivity contribution in [2.45, 2.75) is 51.9 Å². The van der Waals surface area contributed by atoms with Crippen LogP contribution in [0.5, 0.6) is 0 Å². The third kappa shape index (κ3) is 4.80. The van der Waals surface area contributed by atoms with Crippen LogP contribution in [0.4, 0.5) is 0 Å². The fourth-order valence-electron chi connectivity index (χ4n) is 4.71. The topological polar surface area (TPSA) is 69.3 Å². The molecule has 156 valence electrons. The van der Waals surface area contributed by atoms with Gasteiger partial charge in [0, 0.05) is 44.9 Å². The zero-order valence-electron chi connectivity index (χ0n) is 17.4. The van der Waals surface area contributed by atoms with Crippen molar-refractivity contribution in [2.75, 3.05) is 26.2 Å². The number of aromatic nitrogens is 2. The minimum Gasteiger partial charge on any atom is -0.343 e. The molecule has 2 saturated heterocycles. The molecule has 1 aromatic carbocycles. The quantitative estimate of drug-likeness (QED) is 0.842. The van der Waals surface area contributed by atoms with E-state index in [-0.39, 0.29) is 11.8 Å². The fraction of sp³-hybridized carbons (Fsp3) is 0.609. The number of para-hydroxylation sites is 2. The van der Waals surface area contributed by atoms with Gasteiger partial charge in [-0.2, -0.15) is 0 Å². The smallest absolute Gasteiger partial charge is 0.225 e. The third-order valence-corrected chi connectivity index (χ3v) is 6.41. The average Bonchev–Trinajstić information content (AvgIpc) is 3.16. The van der Waals surface area contributed by atoms with Gasteiger partial charge in [-0.25, -0.2) is 4.98 Å². The first-order valence-corrected chi connectivity index (χ1v) is 11.1. The Morgan fingerprint density at radius 3 is 2.66 bits per heavy atom. The first-order valence-electron chi connectivity index (χ1n) is 11.1. The summed E-state index contributed by atoms with van der Waals surface area (Å²) >= 11 is 0. The Kier molecular flexibility index (Phi) is 6.16. The number of imidazole rings is 1. The first kappa shape index (κ1) is 19.9. The van der Waals surface area contributed by atoms with E-state index in [0.717, 1.165) is 62.1 Å². The van der Waals surface area contributed by atoms with E-state index in [1.54, 1.807) is 0 Å². The molecule has 1 aromatic heterocycles. The van der Waals surface area contributed by atoms with Crippen LogP contribution in [0.3, 0.4) is 0 Å². The third-order valence-electron chi connectivity index (χ3n) is 6.41. The van der Waals surface area contributed by atoms with Crippen molar-refractivity contribution in [3.05, 3.63) is 30.1 Å². The summed E-state index contributed by atoms with van der Waals surface area (Å²) in [5, 5.41) is 0. The van der Waals surface area contributed by atoms with E-state index in [1.165, 1.54) is 6.42 Å². The van der Waals surface area contributed by atoms with E-state index >= 15 is 0 Å². The lowest BCUT2D eigenvalue weighted by Crippen LogP contribution is -2.46. The van der Waals surface area contributed by atoms with Gasteiger partial charge in [0.25, 0.3) is 0 Å². The fourth-order valence-corrected chi connectivity index (χ4v) is 4.71. The van der Waals surface area contributed by atoms with Gasteiger partial charge in [-0.05, 0) is 50.2 Å². The molecule has 1 unspecified atom stereocenters. The largest absolute Gasteiger partial charge is 0.343 e. The van der Waals surface area contributed by atoms with Crippen molar-refractivity contribution in [2.24, 2.45) is 11.8 Å². The molecule has 2 amide bonds. The molecule has 0 spiro atoms. The minimum absolute atomic E-state index is 0.0971. The summed E-state index contributed by atoms with van der Waals surface area (Å²) in [4.78, 5) is 37.3. The molecule has 4 rings (SSSR count). The second-order valence-corrected chi connectivity index (χ2v) is 8.74. The SMILES string of the molecule is CC1CCCN(C(=O)C2CCN(C(=O)CCCc3nc4ccccc4[nH]3)CC2)C1. The Morgan fingerprint density at radius 2 is 1.90 bits per heavy atom. The Morgan fingerprint density at radius 1 is 1.10 bits per heavy atom. The first-order chi connectivity index (χ1) is 14.1. The highest BCUT2D eigenvalue weighted by atomic mass is 16.2. The Balaban J connectivity index is 1.20. The van der Waals surface area contributed by atoms with Crippen LogP contribution in [0.15, 0.2) is 24.3 Å². The van der Waals surface area contributed by atoms with Gasteiger partial charge in [-0.1, -0.05) is 19.1 Å². The number of likely N-dealkylation sites (tertiary alicyclic amines) is 2. The molecule has 1 N–H and O–H groups in total. The van der Waals surface area contributed by atoms with Crippen LogP contribution in [0.1, 0.15) is 51.3 Å². The van der Waals surface area contributed by atoms with E-state index in [9.17, 15) is 9.59 Å². The number of aryl methyl sites for hydroxylation is 1. The lowest BCUT2D eigenvalue weighted by atomic mass is 9.92. The molecule has 1 atom stereocenters. The predicted octanol–water partition coefficient (Wildman–Crippen LogP) is 3.38.